The van der Waals surface area contributed by atoms with Gasteiger partial charge in [-0.1, -0.05) is 36.4 Å². The van der Waals surface area contributed by atoms with Crippen LogP contribution in [0.5, 0.6) is 0 Å². The molecule has 26 heavy (non-hydrogen) atoms. The maximum atomic E-state index is 14.0. The molecule has 0 unspecified atom stereocenters. The molecule has 1 heterocycles. The highest BCUT2D eigenvalue weighted by Gasteiger charge is 2.19. The molecule has 2 aromatic carbocycles. The lowest BCUT2D eigenvalue weighted by atomic mass is 10.2. The molecule has 0 spiro atoms. The fourth-order valence-electron chi connectivity index (χ4n) is 2.77. The van der Waals surface area contributed by atoms with E-state index in [1.54, 1.807) is 6.92 Å². The van der Waals surface area contributed by atoms with E-state index in [1.807, 2.05) is 35.2 Å². The van der Waals surface area contributed by atoms with Gasteiger partial charge in [-0.3, -0.25) is 4.90 Å². The molecule has 0 bridgehead atoms. The fourth-order valence-corrected chi connectivity index (χ4v) is 2.77. The molecule has 3 aromatic rings. The number of hydrogen-bond donors (Lipinski definition) is 1. The first-order valence-electron chi connectivity index (χ1n) is 8.36. The largest absolute Gasteiger partial charge is 0.441 e. The SMILES string of the molecule is Cc1oc(-c2cccc(F)c2F)nc1CN(CCO)Cc1ccccc1. The summed E-state index contributed by atoms with van der Waals surface area (Å²) in [6, 6.07) is 13.8. The molecule has 0 aliphatic heterocycles. The van der Waals surface area contributed by atoms with Crippen LogP contribution in [-0.2, 0) is 13.1 Å². The van der Waals surface area contributed by atoms with Gasteiger partial charge in [0.05, 0.1) is 17.9 Å². The van der Waals surface area contributed by atoms with E-state index in [0.717, 1.165) is 11.6 Å². The summed E-state index contributed by atoms with van der Waals surface area (Å²) in [5.41, 5.74) is 1.74. The van der Waals surface area contributed by atoms with Crippen LogP contribution in [-0.4, -0.2) is 28.1 Å². The van der Waals surface area contributed by atoms with Crippen LogP contribution in [0.1, 0.15) is 17.0 Å². The van der Waals surface area contributed by atoms with Gasteiger partial charge in [0.25, 0.3) is 0 Å². The van der Waals surface area contributed by atoms with Crippen molar-refractivity contribution in [3.05, 3.63) is 77.2 Å². The molecule has 0 aliphatic rings. The number of aliphatic hydroxyl groups is 1. The van der Waals surface area contributed by atoms with Crippen molar-refractivity contribution >= 4 is 0 Å². The Balaban J connectivity index is 1.82. The number of hydrogen-bond acceptors (Lipinski definition) is 4. The zero-order chi connectivity index (χ0) is 18.5. The van der Waals surface area contributed by atoms with Crippen LogP contribution in [0.25, 0.3) is 11.5 Å². The fraction of sp³-hybridized carbons (Fsp3) is 0.250. The van der Waals surface area contributed by atoms with Crippen molar-refractivity contribution < 1.29 is 18.3 Å². The average Bonchev–Trinajstić information content (AvgIpc) is 2.99. The van der Waals surface area contributed by atoms with Crippen LogP contribution in [0.4, 0.5) is 8.78 Å². The van der Waals surface area contributed by atoms with Crippen LogP contribution in [0.2, 0.25) is 0 Å². The van der Waals surface area contributed by atoms with Crippen LogP contribution >= 0.6 is 0 Å². The zero-order valence-corrected chi connectivity index (χ0v) is 14.5. The first-order chi connectivity index (χ1) is 12.6. The third-order valence-corrected chi connectivity index (χ3v) is 4.11. The number of halogens is 2. The summed E-state index contributed by atoms with van der Waals surface area (Å²) in [6.45, 7) is 3.28. The molecule has 3 rings (SSSR count). The molecule has 0 radical (unpaired) electrons. The van der Waals surface area contributed by atoms with E-state index >= 15 is 0 Å². The van der Waals surface area contributed by atoms with E-state index in [4.69, 9.17) is 4.42 Å². The van der Waals surface area contributed by atoms with Crippen LogP contribution in [0, 0.1) is 18.6 Å². The van der Waals surface area contributed by atoms with Gasteiger partial charge in [-0.15, -0.1) is 0 Å². The quantitative estimate of drug-likeness (QED) is 0.695. The standard InChI is InChI=1S/C20H20F2N2O2/c1-14-18(13-24(10-11-25)12-15-6-3-2-4-7-15)23-20(26-14)16-8-5-9-17(21)19(16)22/h2-9,25H,10-13H2,1H3. The Hall–Kier alpha value is -2.57. The lowest BCUT2D eigenvalue weighted by Gasteiger charge is -2.20. The van der Waals surface area contributed by atoms with Crippen molar-refractivity contribution in [2.24, 2.45) is 0 Å². The highest BCUT2D eigenvalue weighted by molar-refractivity contribution is 5.54. The molecule has 0 amide bonds. The van der Waals surface area contributed by atoms with Crippen LogP contribution in [0.15, 0.2) is 52.9 Å². The minimum atomic E-state index is -0.975. The number of benzene rings is 2. The second-order valence-electron chi connectivity index (χ2n) is 6.04. The summed E-state index contributed by atoms with van der Waals surface area (Å²) < 4.78 is 33.0. The van der Waals surface area contributed by atoms with E-state index in [2.05, 4.69) is 4.98 Å². The van der Waals surface area contributed by atoms with E-state index in [1.165, 1.54) is 12.1 Å². The molecule has 136 valence electrons. The van der Waals surface area contributed by atoms with E-state index in [-0.39, 0.29) is 18.1 Å². The maximum Gasteiger partial charge on any atom is 0.229 e. The number of oxazole rings is 1. The summed E-state index contributed by atoms with van der Waals surface area (Å²) in [4.78, 5) is 6.37. The molecule has 0 fully saturated rings. The van der Waals surface area contributed by atoms with Crippen LogP contribution < -0.4 is 0 Å². The van der Waals surface area contributed by atoms with E-state index < -0.39 is 11.6 Å². The summed E-state index contributed by atoms with van der Waals surface area (Å²) in [5, 5.41) is 9.34. The van der Waals surface area contributed by atoms with Crippen molar-refractivity contribution in [2.75, 3.05) is 13.2 Å². The van der Waals surface area contributed by atoms with Gasteiger partial charge in [-0.25, -0.2) is 13.8 Å². The monoisotopic (exact) mass is 358 g/mol. The molecule has 0 saturated heterocycles. The van der Waals surface area contributed by atoms with Gasteiger partial charge in [0.15, 0.2) is 11.6 Å². The third kappa shape index (κ3) is 4.15. The summed E-state index contributed by atoms with van der Waals surface area (Å²) in [5.74, 6) is -1.32. The number of aromatic nitrogens is 1. The second kappa shape index (κ2) is 8.21. The normalized spacial score (nSPS) is 11.3. The minimum Gasteiger partial charge on any atom is -0.441 e. The maximum absolute atomic E-state index is 14.0. The van der Waals surface area contributed by atoms with Gasteiger partial charge in [-0.05, 0) is 24.6 Å². The molecule has 6 heteroatoms. The number of aryl methyl sites for hydroxylation is 1. The van der Waals surface area contributed by atoms with Crippen molar-refractivity contribution in [1.82, 2.24) is 9.88 Å². The van der Waals surface area contributed by atoms with Crippen molar-refractivity contribution in [2.45, 2.75) is 20.0 Å². The highest BCUT2D eigenvalue weighted by Crippen LogP contribution is 2.26. The smallest absolute Gasteiger partial charge is 0.229 e. The predicted molar refractivity (Wildman–Crippen MR) is 94.2 cm³/mol. The summed E-state index contributed by atoms with van der Waals surface area (Å²) in [7, 11) is 0. The van der Waals surface area contributed by atoms with E-state index in [9.17, 15) is 13.9 Å². The van der Waals surface area contributed by atoms with Gasteiger partial charge in [0, 0.05) is 19.6 Å². The molecule has 0 atom stereocenters. The Labute approximate surface area is 150 Å². The minimum absolute atomic E-state index is 0.00359. The van der Waals surface area contributed by atoms with Crippen molar-refractivity contribution in [3.8, 4) is 11.5 Å². The molecule has 0 saturated carbocycles. The van der Waals surface area contributed by atoms with Crippen LogP contribution in [0.3, 0.4) is 0 Å². The molecule has 1 N–H and O–H groups in total. The van der Waals surface area contributed by atoms with Gasteiger partial charge < -0.3 is 9.52 Å². The number of rotatable bonds is 7. The topological polar surface area (TPSA) is 49.5 Å². The zero-order valence-electron chi connectivity index (χ0n) is 14.5. The van der Waals surface area contributed by atoms with Gasteiger partial charge in [0.1, 0.15) is 5.76 Å². The number of aliphatic hydroxyl groups excluding tert-OH is 1. The predicted octanol–water partition coefficient (Wildman–Crippen LogP) is 3.92. The van der Waals surface area contributed by atoms with Gasteiger partial charge in [-0.2, -0.15) is 0 Å². The average molecular weight is 358 g/mol. The molecular weight excluding hydrogens is 338 g/mol. The number of nitrogens with zero attached hydrogens (tertiary/aromatic N) is 2. The Morgan fingerprint density at radius 1 is 1.04 bits per heavy atom. The van der Waals surface area contributed by atoms with Crippen molar-refractivity contribution in [1.29, 1.82) is 0 Å². The van der Waals surface area contributed by atoms with Crippen molar-refractivity contribution in [3.63, 3.8) is 0 Å². The van der Waals surface area contributed by atoms with Gasteiger partial charge >= 0.3 is 0 Å². The Kier molecular flexibility index (Phi) is 5.75. The lowest BCUT2D eigenvalue weighted by molar-refractivity contribution is 0.182. The Bertz CT molecular complexity index is 866. The lowest BCUT2D eigenvalue weighted by Crippen LogP contribution is -2.26. The first kappa shape index (κ1) is 18.2. The second-order valence-corrected chi connectivity index (χ2v) is 6.04. The van der Waals surface area contributed by atoms with Gasteiger partial charge in [0.2, 0.25) is 5.89 Å². The molecule has 1 aromatic heterocycles. The molecule has 4 nitrogen and oxygen atoms in total. The van der Waals surface area contributed by atoms with E-state index in [0.29, 0.717) is 31.1 Å². The molecular formula is C20H20F2N2O2. The Morgan fingerprint density at radius 3 is 2.54 bits per heavy atom. The summed E-state index contributed by atoms with van der Waals surface area (Å²) >= 11 is 0. The highest BCUT2D eigenvalue weighted by atomic mass is 19.2. The Morgan fingerprint density at radius 2 is 1.81 bits per heavy atom. The molecule has 0 aliphatic carbocycles. The summed E-state index contributed by atoms with van der Waals surface area (Å²) in [6.07, 6.45) is 0. The first-order valence-corrected chi connectivity index (χ1v) is 8.36. The third-order valence-electron chi connectivity index (χ3n) is 4.11.